The van der Waals surface area contributed by atoms with E-state index in [-0.39, 0.29) is 0 Å². The van der Waals surface area contributed by atoms with Crippen molar-refractivity contribution in [1.82, 2.24) is 0 Å². The van der Waals surface area contributed by atoms with Crippen molar-refractivity contribution in [3.8, 4) is 11.1 Å². The zero-order valence-electron chi connectivity index (χ0n) is 9.94. The van der Waals surface area contributed by atoms with Gasteiger partial charge in [-0.15, -0.1) is 0 Å². The Labute approximate surface area is 107 Å². The number of hydrogen-bond acceptors (Lipinski definition) is 2. The molecule has 0 atom stereocenters. The largest absolute Gasteiger partial charge is 0.399 e. The molecule has 0 aliphatic carbocycles. The summed E-state index contributed by atoms with van der Waals surface area (Å²) in [4.78, 5) is 2.06. The van der Waals surface area contributed by atoms with E-state index in [2.05, 4.69) is 29.2 Å². The molecule has 0 aliphatic heterocycles. The van der Waals surface area contributed by atoms with Gasteiger partial charge in [-0.1, -0.05) is 29.8 Å². The Morgan fingerprint density at radius 1 is 1.00 bits per heavy atom. The number of nitrogens with zero attached hydrogens (tertiary/aromatic N) is 1. The molecule has 2 aromatic carbocycles. The molecule has 2 nitrogen and oxygen atoms in total. The van der Waals surface area contributed by atoms with Crippen molar-refractivity contribution in [3.63, 3.8) is 0 Å². The molecule has 0 saturated carbocycles. The number of anilines is 2. The van der Waals surface area contributed by atoms with Gasteiger partial charge in [0.25, 0.3) is 0 Å². The van der Waals surface area contributed by atoms with Gasteiger partial charge in [-0.05, 0) is 29.8 Å². The molecule has 2 rings (SSSR count). The summed E-state index contributed by atoms with van der Waals surface area (Å²) in [5.41, 5.74) is 9.63. The van der Waals surface area contributed by atoms with E-state index in [1.807, 2.05) is 26.2 Å². The summed E-state index contributed by atoms with van der Waals surface area (Å²) in [6.45, 7) is 0. The fourth-order valence-electron chi connectivity index (χ4n) is 1.70. The highest BCUT2D eigenvalue weighted by molar-refractivity contribution is 6.33. The van der Waals surface area contributed by atoms with Crippen LogP contribution in [0.3, 0.4) is 0 Å². The summed E-state index contributed by atoms with van der Waals surface area (Å²) >= 11 is 6.18. The van der Waals surface area contributed by atoms with Crippen LogP contribution in [0.2, 0.25) is 5.02 Å². The lowest BCUT2D eigenvalue weighted by molar-refractivity contribution is 1.13. The third-order valence-electron chi connectivity index (χ3n) is 2.69. The lowest BCUT2D eigenvalue weighted by Crippen LogP contribution is -2.07. The van der Waals surface area contributed by atoms with E-state index >= 15 is 0 Å². The molecule has 0 aliphatic rings. The molecule has 0 spiro atoms. The number of benzene rings is 2. The van der Waals surface area contributed by atoms with E-state index in [1.165, 1.54) is 5.69 Å². The van der Waals surface area contributed by atoms with Crippen LogP contribution < -0.4 is 10.6 Å². The highest BCUT2D eigenvalue weighted by Gasteiger charge is 2.04. The second kappa shape index (κ2) is 4.68. The van der Waals surface area contributed by atoms with Gasteiger partial charge < -0.3 is 10.6 Å². The molecule has 0 unspecified atom stereocenters. The SMILES string of the molecule is CN(C)c1ccc(-c2ccc(N)cc2Cl)cc1. The van der Waals surface area contributed by atoms with Gasteiger partial charge in [0.2, 0.25) is 0 Å². The van der Waals surface area contributed by atoms with Gasteiger partial charge in [0, 0.05) is 31.0 Å². The van der Waals surface area contributed by atoms with E-state index in [9.17, 15) is 0 Å². The molecular formula is C14H15ClN2. The first-order valence-corrected chi connectivity index (χ1v) is 5.78. The van der Waals surface area contributed by atoms with Gasteiger partial charge in [0.15, 0.2) is 0 Å². The molecular weight excluding hydrogens is 232 g/mol. The van der Waals surface area contributed by atoms with Crippen molar-refractivity contribution < 1.29 is 0 Å². The van der Waals surface area contributed by atoms with Crippen LogP contribution in [0.4, 0.5) is 11.4 Å². The van der Waals surface area contributed by atoms with Crippen LogP contribution in [0.5, 0.6) is 0 Å². The smallest absolute Gasteiger partial charge is 0.0504 e. The fourth-order valence-corrected chi connectivity index (χ4v) is 2.00. The Bertz CT molecular complexity index is 518. The lowest BCUT2D eigenvalue weighted by atomic mass is 10.0. The van der Waals surface area contributed by atoms with E-state index in [4.69, 9.17) is 17.3 Å². The quantitative estimate of drug-likeness (QED) is 0.820. The maximum absolute atomic E-state index is 6.18. The molecule has 0 fully saturated rings. The third-order valence-corrected chi connectivity index (χ3v) is 3.00. The zero-order chi connectivity index (χ0) is 12.4. The minimum atomic E-state index is 0.683. The summed E-state index contributed by atoms with van der Waals surface area (Å²) in [6.07, 6.45) is 0. The van der Waals surface area contributed by atoms with E-state index < -0.39 is 0 Å². The molecule has 88 valence electrons. The topological polar surface area (TPSA) is 29.3 Å². The first kappa shape index (κ1) is 11.8. The first-order valence-electron chi connectivity index (χ1n) is 5.41. The number of hydrogen-bond donors (Lipinski definition) is 1. The number of nitrogen functional groups attached to an aromatic ring is 1. The van der Waals surface area contributed by atoms with E-state index in [0.29, 0.717) is 10.7 Å². The highest BCUT2D eigenvalue weighted by atomic mass is 35.5. The standard InChI is InChI=1S/C14H15ClN2/c1-17(2)12-6-3-10(4-7-12)13-8-5-11(16)9-14(13)15/h3-9H,16H2,1-2H3. The summed E-state index contributed by atoms with van der Waals surface area (Å²) in [5, 5.41) is 0.683. The molecule has 0 aromatic heterocycles. The summed E-state index contributed by atoms with van der Waals surface area (Å²) in [6, 6.07) is 13.9. The molecule has 2 N–H and O–H groups in total. The Kier molecular flexibility index (Phi) is 3.25. The average Bonchev–Trinajstić information content (AvgIpc) is 2.29. The molecule has 0 saturated heterocycles. The van der Waals surface area contributed by atoms with E-state index in [0.717, 1.165) is 11.1 Å². The minimum Gasteiger partial charge on any atom is -0.399 e. The number of halogens is 1. The maximum atomic E-state index is 6.18. The van der Waals surface area contributed by atoms with Crippen molar-refractivity contribution >= 4 is 23.0 Å². The van der Waals surface area contributed by atoms with Gasteiger partial charge >= 0.3 is 0 Å². The summed E-state index contributed by atoms with van der Waals surface area (Å²) in [5.74, 6) is 0. The normalized spacial score (nSPS) is 10.3. The van der Waals surface area contributed by atoms with Crippen molar-refractivity contribution in [3.05, 3.63) is 47.5 Å². The van der Waals surface area contributed by atoms with Gasteiger partial charge in [-0.25, -0.2) is 0 Å². The fraction of sp³-hybridized carbons (Fsp3) is 0.143. The van der Waals surface area contributed by atoms with Crippen molar-refractivity contribution in [2.75, 3.05) is 24.7 Å². The molecule has 0 bridgehead atoms. The minimum absolute atomic E-state index is 0.683. The van der Waals surface area contributed by atoms with Crippen LogP contribution in [-0.2, 0) is 0 Å². The van der Waals surface area contributed by atoms with Crippen molar-refractivity contribution in [2.45, 2.75) is 0 Å². The average molecular weight is 247 g/mol. The molecule has 0 amide bonds. The van der Waals surface area contributed by atoms with Crippen LogP contribution >= 0.6 is 11.6 Å². The predicted molar refractivity (Wildman–Crippen MR) is 75.6 cm³/mol. The lowest BCUT2D eigenvalue weighted by Gasteiger charge is -2.13. The number of nitrogens with two attached hydrogens (primary N) is 1. The molecule has 3 heteroatoms. The first-order chi connectivity index (χ1) is 8.08. The van der Waals surface area contributed by atoms with Gasteiger partial charge in [-0.2, -0.15) is 0 Å². The van der Waals surface area contributed by atoms with Crippen molar-refractivity contribution in [2.24, 2.45) is 0 Å². The van der Waals surface area contributed by atoms with Crippen LogP contribution in [-0.4, -0.2) is 14.1 Å². The zero-order valence-corrected chi connectivity index (χ0v) is 10.7. The van der Waals surface area contributed by atoms with Gasteiger partial charge in [0.1, 0.15) is 0 Å². The van der Waals surface area contributed by atoms with Crippen LogP contribution in [0.1, 0.15) is 0 Å². The maximum Gasteiger partial charge on any atom is 0.0504 e. The molecule has 17 heavy (non-hydrogen) atoms. The Morgan fingerprint density at radius 3 is 2.18 bits per heavy atom. The third kappa shape index (κ3) is 2.53. The summed E-state index contributed by atoms with van der Waals surface area (Å²) < 4.78 is 0. The summed E-state index contributed by atoms with van der Waals surface area (Å²) in [7, 11) is 4.04. The molecule has 0 heterocycles. The number of rotatable bonds is 2. The Morgan fingerprint density at radius 2 is 1.65 bits per heavy atom. The van der Waals surface area contributed by atoms with Crippen molar-refractivity contribution in [1.29, 1.82) is 0 Å². The molecule has 0 radical (unpaired) electrons. The van der Waals surface area contributed by atoms with Crippen LogP contribution in [0.25, 0.3) is 11.1 Å². The molecule has 2 aromatic rings. The Hall–Kier alpha value is -1.67. The van der Waals surface area contributed by atoms with Crippen LogP contribution in [0.15, 0.2) is 42.5 Å². The van der Waals surface area contributed by atoms with E-state index in [1.54, 1.807) is 6.07 Å². The second-order valence-corrected chi connectivity index (χ2v) is 4.59. The monoisotopic (exact) mass is 246 g/mol. The van der Waals surface area contributed by atoms with Crippen LogP contribution in [0, 0.1) is 0 Å². The highest BCUT2D eigenvalue weighted by Crippen LogP contribution is 2.30. The second-order valence-electron chi connectivity index (χ2n) is 4.18. The van der Waals surface area contributed by atoms with Gasteiger partial charge in [0.05, 0.1) is 5.02 Å². The van der Waals surface area contributed by atoms with Gasteiger partial charge in [-0.3, -0.25) is 0 Å². The predicted octanol–water partition coefficient (Wildman–Crippen LogP) is 3.66. The Balaban J connectivity index is 2.40.